The Morgan fingerprint density at radius 1 is 0.583 bits per heavy atom. The molecule has 0 heterocycles. The minimum absolute atomic E-state index is 0.816. The lowest BCUT2D eigenvalue weighted by Gasteiger charge is -2.42. The molecule has 0 aliphatic rings. The highest BCUT2D eigenvalue weighted by Crippen LogP contribution is 2.45. The first-order chi connectivity index (χ1) is 10.1. The standard InChI is InChI=1S/C14H28F6O2Si2/c1-11(13(15,16)17,21-23(3,4)5)9-10-12(2,14(18,19)20)22-24(6,7)8/h9-10H2,1-8H3. The van der Waals surface area contributed by atoms with Gasteiger partial charge >= 0.3 is 12.4 Å². The highest BCUT2D eigenvalue weighted by atomic mass is 28.4. The Morgan fingerprint density at radius 2 is 0.792 bits per heavy atom. The van der Waals surface area contributed by atoms with Crippen LogP contribution < -0.4 is 0 Å². The third-order valence-corrected chi connectivity index (χ3v) is 5.47. The zero-order chi connectivity index (χ0) is 19.8. The van der Waals surface area contributed by atoms with Crippen molar-refractivity contribution >= 4 is 16.6 Å². The molecule has 2 nitrogen and oxygen atoms in total. The van der Waals surface area contributed by atoms with Crippen LogP contribution in [0.2, 0.25) is 39.3 Å². The van der Waals surface area contributed by atoms with E-state index in [0.717, 1.165) is 13.8 Å². The van der Waals surface area contributed by atoms with Gasteiger partial charge in [0.2, 0.25) is 0 Å². The van der Waals surface area contributed by atoms with Crippen molar-refractivity contribution in [2.24, 2.45) is 0 Å². The fourth-order valence-electron chi connectivity index (χ4n) is 2.33. The van der Waals surface area contributed by atoms with E-state index in [9.17, 15) is 26.3 Å². The van der Waals surface area contributed by atoms with Gasteiger partial charge in [0.1, 0.15) is 11.2 Å². The predicted octanol–water partition coefficient (Wildman–Crippen LogP) is 6.11. The van der Waals surface area contributed by atoms with Crippen molar-refractivity contribution in [1.82, 2.24) is 0 Å². The summed E-state index contributed by atoms with van der Waals surface area (Å²) in [6.07, 6.45) is -11.2. The number of alkyl halides is 6. The molecule has 0 radical (unpaired) electrons. The maximum Gasteiger partial charge on any atom is 0.416 e. The van der Waals surface area contributed by atoms with Crippen LogP contribution in [0.1, 0.15) is 26.7 Å². The normalized spacial score (nSPS) is 19.8. The van der Waals surface area contributed by atoms with Gasteiger partial charge in [-0.1, -0.05) is 0 Å². The quantitative estimate of drug-likeness (QED) is 0.380. The molecule has 0 amide bonds. The minimum Gasteiger partial charge on any atom is -0.404 e. The molecule has 0 bridgehead atoms. The molecule has 10 heteroatoms. The smallest absolute Gasteiger partial charge is 0.404 e. The molecule has 0 saturated carbocycles. The summed E-state index contributed by atoms with van der Waals surface area (Å²) in [5.74, 6) is 0. The molecule has 2 atom stereocenters. The lowest BCUT2D eigenvalue weighted by Crippen LogP contribution is -2.55. The highest BCUT2D eigenvalue weighted by molar-refractivity contribution is 6.70. The third-order valence-electron chi connectivity index (χ3n) is 3.34. The fourth-order valence-corrected chi connectivity index (χ4v) is 5.47. The molecule has 0 aliphatic heterocycles. The Labute approximate surface area is 142 Å². The second kappa shape index (κ2) is 6.92. The van der Waals surface area contributed by atoms with Crippen LogP contribution >= 0.6 is 0 Å². The van der Waals surface area contributed by atoms with Gasteiger partial charge < -0.3 is 8.85 Å². The Bertz CT molecular complexity index is 385. The van der Waals surface area contributed by atoms with Gasteiger partial charge in [-0.25, -0.2) is 0 Å². The summed E-state index contributed by atoms with van der Waals surface area (Å²) in [4.78, 5) is 0. The number of hydrogen-bond acceptors (Lipinski definition) is 2. The molecule has 2 unspecified atom stereocenters. The highest BCUT2D eigenvalue weighted by Gasteiger charge is 2.58. The molecule has 0 aromatic rings. The van der Waals surface area contributed by atoms with Crippen LogP contribution in [0.25, 0.3) is 0 Å². The van der Waals surface area contributed by atoms with E-state index in [1.807, 2.05) is 0 Å². The Balaban J connectivity index is 5.57. The van der Waals surface area contributed by atoms with Crippen molar-refractivity contribution in [1.29, 1.82) is 0 Å². The van der Waals surface area contributed by atoms with Crippen molar-refractivity contribution in [3.63, 3.8) is 0 Å². The van der Waals surface area contributed by atoms with Crippen molar-refractivity contribution in [2.45, 2.75) is 89.5 Å². The molecule has 0 aliphatic carbocycles. The number of hydrogen-bond donors (Lipinski definition) is 0. The summed E-state index contributed by atoms with van der Waals surface area (Å²) in [6.45, 7) is 11.0. The van der Waals surface area contributed by atoms with Crippen LogP contribution in [0.5, 0.6) is 0 Å². The summed E-state index contributed by atoms with van der Waals surface area (Å²) >= 11 is 0. The summed E-state index contributed by atoms with van der Waals surface area (Å²) in [5, 5.41) is 0. The maximum absolute atomic E-state index is 13.4. The molecule has 0 rings (SSSR count). The van der Waals surface area contributed by atoms with Crippen molar-refractivity contribution < 1.29 is 35.2 Å². The van der Waals surface area contributed by atoms with Crippen LogP contribution in [0.15, 0.2) is 0 Å². The molecule has 0 aromatic carbocycles. The zero-order valence-corrected chi connectivity index (χ0v) is 17.5. The van der Waals surface area contributed by atoms with Crippen molar-refractivity contribution in [2.75, 3.05) is 0 Å². The third kappa shape index (κ3) is 7.05. The summed E-state index contributed by atoms with van der Waals surface area (Å²) in [7, 11) is -5.25. The van der Waals surface area contributed by atoms with Crippen LogP contribution in [0.3, 0.4) is 0 Å². The van der Waals surface area contributed by atoms with E-state index < -0.39 is 53.0 Å². The first-order valence-electron chi connectivity index (χ1n) is 7.66. The number of halogens is 6. The monoisotopic (exact) mass is 398 g/mol. The Hall–Kier alpha value is -0.0662. The van der Waals surface area contributed by atoms with Gasteiger partial charge in [0, 0.05) is 0 Å². The summed E-state index contributed by atoms with van der Waals surface area (Å²) < 4.78 is 91.0. The average molecular weight is 399 g/mol. The summed E-state index contributed by atoms with van der Waals surface area (Å²) in [6, 6.07) is 0. The van der Waals surface area contributed by atoms with Crippen LogP contribution in [0.4, 0.5) is 26.3 Å². The molecule has 0 N–H and O–H groups in total. The molecule has 0 saturated heterocycles. The van der Waals surface area contributed by atoms with E-state index in [1.54, 1.807) is 39.3 Å². The Kier molecular flexibility index (Phi) is 6.90. The lowest BCUT2D eigenvalue weighted by molar-refractivity contribution is -0.269. The molecular weight excluding hydrogens is 370 g/mol. The van der Waals surface area contributed by atoms with Gasteiger partial charge in [0.25, 0.3) is 0 Å². The zero-order valence-electron chi connectivity index (χ0n) is 15.5. The average Bonchev–Trinajstić information content (AvgIpc) is 2.18. The second-order valence-corrected chi connectivity index (χ2v) is 17.2. The fraction of sp³-hybridized carbons (Fsp3) is 1.00. The van der Waals surface area contributed by atoms with Crippen molar-refractivity contribution in [3.05, 3.63) is 0 Å². The van der Waals surface area contributed by atoms with Gasteiger partial charge in [0.15, 0.2) is 16.6 Å². The van der Waals surface area contributed by atoms with E-state index in [4.69, 9.17) is 8.85 Å². The largest absolute Gasteiger partial charge is 0.416 e. The van der Waals surface area contributed by atoms with Crippen LogP contribution in [-0.2, 0) is 8.85 Å². The minimum atomic E-state index is -4.76. The van der Waals surface area contributed by atoms with Gasteiger partial charge in [0.05, 0.1) is 0 Å². The topological polar surface area (TPSA) is 18.5 Å². The number of rotatable bonds is 7. The molecule has 0 spiro atoms. The van der Waals surface area contributed by atoms with E-state index in [1.165, 1.54) is 0 Å². The van der Waals surface area contributed by atoms with Crippen molar-refractivity contribution in [3.8, 4) is 0 Å². The first-order valence-corrected chi connectivity index (χ1v) is 14.5. The lowest BCUT2D eigenvalue weighted by atomic mass is 9.91. The van der Waals surface area contributed by atoms with Gasteiger partial charge in [-0.05, 0) is 66.0 Å². The van der Waals surface area contributed by atoms with Crippen LogP contribution in [0, 0.1) is 0 Å². The van der Waals surface area contributed by atoms with Crippen LogP contribution in [-0.4, -0.2) is 40.2 Å². The molecule has 146 valence electrons. The van der Waals surface area contributed by atoms with E-state index in [0.29, 0.717) is 0 Å². The van der Waals surface area contributed by atoms with E-state index >= 15 is 0 Å². The van der Waals surface area contributed by atoms with Gasteiger partial charge in [-0.3, -0.25) is 0 Å². The van der Waals surface area contributed by atoms with Gasteiger partial charge in [-0.15, -0.1) is 0 Å². The maximum atomic E-state index is 13.4. The van der Waals surface area contributed by atoms with Gasteiger partial charge in [-0.2, -0.15) is 26.3 Å². The molecule has 0 aromatic heterocycles. The molecule has 24 heavy (non-hydrogen) atoms. The molecular formula is C14H28F6O2Si2. The Morgan fingerprint density at radius 3 is 0.917 bits per heavy atom. The SMILES string of the molecule is CC(CCC(C)(O[Si](C)(C)C)C(F)(F)F)(O[Si](C)(C)C)C(F)(F)F. The predicted molar refractivity (Wildman–Crippen MR) is 87.0 cm³/mol. The first kappa shape index (κ1) is 23.9. The molecule has 0 fully saturated rings. The van der Waals surface area contributed by atoms with E-state index in [2.05, 4.69) is 0 Å². The second-order valence-electron chi connectivity index (χ2n) is 8.39. The van der Waals surface area contributed by atoms with E-state index in [-0.39, 0.29) is 0 Å². The summed E-state index contributed by atoms with van der Waals surface area (Å²) in [5.41, 5.74) is -5.26.